The van der Waals surface area contributed by atoms with Crippen molar-refractivity contribution in [2.45, 2.75) is 71.9 Å². The highest BCUT2D eigenvalue weighted by atomic mass is 16.4. The number of carbonyl (C=O) groups excluding carboxylic acids is 1. The Bertz CT molecular complexity index is 303. The lowest BCUT2D eigenvalue weighted by molar-refractivity contribution is -0.144. The van der Waals surface area contributed by atoms with Crippen LogP contribution in [0.4, 0.5) is 4.79 Å². The molecule has 0 aromatic carbocycles. The van der Waals surface area contributed by atoms with Crippen molar-refractivity contribution in [3.8, 4) is 0 Å². The number of rotatable bonds is 8. The third kappa shape index (κ3) is 5.49. The first-order chi connectivity index (χ1) is 8.80. The number of hydrogen-bond donors (Lipinski definition) is 3. The lowest BCUT2D eigenvalue weighted by Gasteiger charge is -2.28. The predicted octanol–water partition coefficient (Wildman–Crippen LogP) is 2.75. The van der Waals surface area contributed by atoms with Crippen molar-refractivity contribution >= 4 is 12.0 Å². The van der Waals surface area contributed by atoms with Crippen LogP contribution in [0.2, 0.25) is 0 Å². The molecule has 0 aromatic rings. The van der Waals surface area contributed by atoms with Crippen LogP contribution in [-0.4, -0.2) is 28.7 Å². The Kier molecular flexibility index (Phi) is 7.49. The number of amides is 2. The Morgan fingerprint density at radius 2 is 1.74 bits per heavy atom. The number of carbonyl (C=O) groups is 2. The van der Waals surface area contributed by atoms with Gasteiger partial charge in [-0.3, -0.25) is 0 Å². The first-order valence-corrected chi connectivity index (χ1v) is 7.12. The zero-order chi connectivity index (χ0) is 15.1. The molecule has 0 aliphatic heterocycles. The molecule has 0 radical (unpaired) electrons. The summed E-state index contributed by atoms with van der Waals surface area (Å²) < 4.78 is 0. The van der Waals surface area contributed by atoms with E-state index in [1.165, 1.54) is 0 Å². The maximum absolute atomic E-state index is 11.9. The van der Waals surface area contributed by atoms with Crippen molar-refractivity contribution in [3.63, 3.8) is 0 Å². The van der Waals surface area contributed by atoms with Gasteiger partial charge in [-0.1, -0.05) is 40.0 Å². The molecule has 19 heavy (non-hydrogen) atoms. The van der Waals surface area contributed by atoms with Gasteiger partial charge in [0.1, 0.15) is 5.54 Å². The highest BCUT2D eigenvalue weighted by Gasteiger charge is 2.34. The van der Waals surface area contributed by atoms with Gasteiger partial charge in [0.15, 0.2) is 0 Å². The van der Waals surface area contributed by atoms with Crippen molar-refractivity contribution in [2.75, 3.05) is 0 Å². The number of carboxylic acid groups (broad SMARTS) is 1. The van der Waals surface area contributed by atoms with Crippen molar-refractivity contribution in [1.82, 2.24) is 10.6 Å². The molecule has 0 rings (SSSR count). The second-order valence-electron chi connectivity index (χ2n) is 5.35. The van der Waals surface area contributed by atoms with Crippen molar-refractivity contribution in [3.05, 3.63) is 0 Å². The van der Waals surface area contributed by atoms with Crippen LogP contribution in [0.25, 0.3) is 0 Å². The van der Waals surface area contributed by atoms with E-state index in [0.717, 1.165) is 12.8 Å². The Labute approximate surface area is 116 Å². The van der Waals surface area contributed by atoms with Gasteiger partial charge in [0.05, 0.1) is 0 Å². The summed E-state index contributed by atoms with van der Waals surface area (Å²) in [5, 5.41) is 14.6. The van der Waals surface area contributed by atoms with Gasteiger partial charge in [-0.25, -0.2) is 9.59 Å². The molecule has 0 fully saturated rings. The van der Waals surface area contributed by atoms with Crippen molar-refractivity contribution in [2.24, 2.45) is 5.92 Å². The zero-order valence-electron chi connectivity index (χ0n) is 12.7. The van der Waals surface area contributed by atoms with Crippen LogP contribution < -0.4 is 10.6 Å². The normalized spacial score (nSPS) is 15.7. The third-order valence-corrected chi connectivity index (χ3v) is 3.73. The fraction of sp³-hybridized carbons (Fsp3) is 0.857. The smallest absolute Gasteiger partial charge is 0.329 e. The second-order valence-corrected chi connectivity index (χ2v) is 5.35. The molecule has 0 saturated heterocycles. The van der Waals surface area contributed by atoms with E-state index in [4.69, 9.17) is 0 Å². The van der Waals surface area contributed by atoms with Crippen LogP contribution in [0.1, 0.15) is 60.3 Å². The molecule has 2 atom stereocenters. The van der Waals surface area contributed by atoms with E-state index in [2.05, 4.69) is 24.5 Å². The van der Waals surface area contributed by atoms with Gasteiger partial charge in [-0.05, 0) is 26.2 Å². The summed E-state index contributed by atoms with van der Waals surface area (Å²) in [5.74, 6) is -0.590. The largest absolute Gasteiger partial charge is 0.480 e. The van der Waals surface area contributed by atoms with E-state index in [0.29, 0.717) is 18.8 Å². The fourth-order valence-corrected chi connectivity index (χ4v) is 2.33. The average molecular weight is 272 g/mol. The molecule has 0 aliphatic carbocycles. The van der Waals surface area contributed by atoms with Crippen LogP contribution in [0.3, 0.4) is 0 Å². The molecule has 5 heteroatoms. The molecule has 0 spiro atoms. The highest BCUT2D eigenvalue weighted by molar-refractivity contribution is 5.85. The van der Waals surface area contributed by atoms with Gasteiger partial charge < -0.3 is 15.7 Å². The summed E-state index contributed by atoms with van der Waals surface area (Å²) >= 11 is 0. The van der Waals surface area contributed by atoms with E-state index < -0.39 is 17.5 Å². The van der Waals surface area contributed by atoms with Crippen LogP contribution in [0.5, 0.6) is 0 Å². The predicted molar refractivity (Wildman–Crippen MR) is 76.2 cm³/mol. The molecule has 0 aromatic heterocycles. The maximum atomic E-state index is 11.9. The minimum Gasteiger partial charge on any atom is -0.480 e. The van der Waals surface area contributed by atoms with Crippen LogP contribution in [0, 0.1) is 5.92 Å². The molecule has 0 aliphatic rings. The molecule has 5 nitrogen and oxygen atoms in total. The van der Waals surface area contributed by atoms with Crippen molar-refractivity contribution < 1.29 is 14.7 Å². The fourth-order valence-electron chi connectivity index (χ4n) is 2.33. The third-order valence-electron chi connectivity index (χ3n) is 3.73. The Balaban J connectivity index is 4.55. The Hall–Kier alpha value is -1.26. The molecular formula is C14H28N2O3. The van der Waals surface area contributed by atoms with E-state index in [9.17, 15) is 14.7 Å². The molecular weight excluding hydrogens is 244 g/mol. The van der Waals surface area contributed by atoms with E-state index in [1.807, 2.05) is 13.8 Å². The summed E-state index contributed by atoms with van der Waals surface area (Å²) in [6, 6.07) is -0.368. The molecule has 2 unspecified atom stereocenters. The minimum atomic E-state index is -1.20. The van der Waals surface area contributed by atoms with Crippen LogP contribution in [0.15, 0.2) is 0 Å². The Morgan fingerprint density at radius 3 is 2.11 bits per heavy atom. The lowest BCUT2D eigenvalue weighted by atomic mass is 9.95. The first kappa shape index (κ1) is 17.7. The SMILES string of the molecule is CCCC(C)(NC(=O)NC(C)C(CC)CC)C(=O)O. The summed E-state index contributed by atoms with van der Waals surface area (Å²) in [7, 11) is 0. The highest BCUT2D eigenvalue weighted by Crippen LogP contribution is 2.14. The summed E-state index contributed by atoms with van der Waals surface area (Å²) in [5.41, 5.74) is -1.20. The molecule has 2 amide bonds. The quantitative estimate of drug-likeness (QED) is 0.635. The molecule has 0 heterocycles. The van der Waals surface area contributed by atoms with Gasteiger partial charge in [0.25, 0.3) is 0 Å². The molecule has 112 valence electrons. The zero-order valence-corrected chi connectivity index (χ0v) is 12.7. The molecule has 0 saturated carbocycles. The van der Waals surface area contributed by atoms with Gasteiger partial charge in [-0.15, -0.1) is 0 Å². The minimum absolute atomic E-state index is 0.0367. The molecule has 0 bridgehead atoms. The van der Waals surface area contributed by atoms with Crippen LogP contribution >= 0.6 is 0 Å². The monoisotopic (exact) mass is 272 g/mol. The van der Waals surface area contributed by atoms with E-state index in [1.54, 1.807) is 6.92 Å². The maximum Gasteiger partial charge on any atom is 0.329 e. The topological polar surface area (TPSA) is 78.4 Å². The number of aliphatic carboxylic acids is 1. The van der Waals surface area contributed by atoms with Gasteiger partial charge in [-0.2, -0.15) is 0 Å². The first-order valence-electron chi connectivity index (χ1n) is 7.12. The second kappa shape index (κ2) is 8.02. The van der Waals surface area contributed by atoms with Gasteiger partial charge in [0.2, 0.25) is 0 Å². The standard InChI is InChI=1S/C14H28N2O3/c1-6-9-14(5,12(17)18)16-13(19)15-10(4)11(7-2)8-3/h10-11H,6-9H2,1-5H3,(H,17,18)(H2,15,16,19). The summed E-state index contributed by atoms with van der Waals surface area (Å²) in [6.07, 6.45) is 3.09. The Morgan fingerprint density at radius 1 is 1.21 bits per heavy atom. The number of nitrogens with one attached hydrogen (secondary N) is 2. The van der Waals surface area contributed by atoms with Crippen LogP contribution in [-0.2, 0) is 4.79 Å². The van der Waals surface area contributed by atoms with Gasteiger partial charge >= 0.3 is 12.0 Å². The van der Waals surface area contributed by atoms with E-state index in [-0.39, 0.29) is 6.04 Å². The lowest BCUT2D eigenvalue weighted by Crippen LogP contribution is -2.56. The number of carboxylic acids is 1. The van der Waals surface area contributed by atoms with Gasteiger partial charge in [0, 0.05) is 6.04 Å². The molecule has 3 N–H and O–H groups in total. The summed E-state index contributed by atoms with van der Waals surface area (Å²) in [4.78, 5) is 23.1. The van der Waals surface area contributed by atoms with Crippen molar-refractivity contribution in [1.29, 1.82) is 0 Å². The summed E-state index contributed by atoms with van der Waals surface area (Å²) in [6.45, 7) is 9.56. The number of urea groups is 1. The number of hydrogen-bond acceptors (Lipinski definition) is 2. The average Bonchev–Trinajstić information content (AvgIpc) is 2.30. The van der Waals surface area contributed by atoms with E-state index >= 15 is 0 Å².